The smallest absolute Gasteiger partial charge is 0.105 e. The van der Waals surface area contributed by atoms with Crippen LogP contribution in [0.4, 0.5) is 0 Å². The molecule has 1 nitrogen and oxygen atoms in total. The molecule has 3 aromatic carbocycles. The van der Waals surface area contributed by atoms with E-state index in [2.05, 4.69) is 55.5 Å². The molecule has 0 bridgehead atoms. The van der Waals surface area contributed by atoms with Crippen LogP contribution in [-0.2, 0) is 0 Å². The van der Waals surface area contributed by atoms with E-state index in [4.69, 9.17) is 11.6 Å². The monoisotopic (exact) mass is 430 g/mol. The van der Waals surface area contributed by atoms with Gasteiger partial charge in [-0.25, -0.2) is 0 Å². The van der Waals surface area contributed by atoms with Crippen LogP contribution in [0.2, 0.25) is 5.02 Å². The van der Waals surface area contributed by atoms with E-state index in [-0.39, 0.29) is 0 Å². The zero-order valence-electron chi connectivity index (χ0n) is 18.2. The number of aliphatic hydroxyl groups excluding tert-OH is 1. The second-order valence-electron chi connectivity index (χ2n) is 7.86. The van der Waals surface area contributed by atoms with E-state index in [9.17, 15) is 5.11 Å². The largest absolute Gasteiger partial charge is 0.384 e. The second kappa shape index (κ2) is 12.3. The Labute approximate surface area is 191 Å². The average Bonchev–Trinajstić information content (AvgIpc) is 2.81. The normalized spacial score (nSPS) is 13.3. The third-order valence-corrected chi connectivity index (χ3v) is 5.65. The molecule has 0 saturated carbocycles. The minimum atomic E-state index is -0.727. The molecule has 0 aliphatic carbocycles. The van der Waals surface area contributed by atoms with Gasteiger partial charge in [-0.2, -0.15) is 0 Å². The molecule has 3 aromatic rings. The van der Waals surface area contributed by atoms with Crippen LogP contribution in [0.25, 0.3) is 11.6 Å². The fourth-order valence-corrected chi connectivity index (χ4v) is 3.81. The molecule has 0 heterocycles. The molecule has 1 unspecified atom stereocenters. The molecule has 0 radical (unpaired) electrons. The van der Waals surface area contributed by atoms with Crippen molar-refractivity contribution in [1.29, 1.82) is 0 Å². The Kier molecular flexibility index (Phi) is 9.15. The summed E-state index contributed by atoms with van der Waals surface area (Å²) in [5.74, 6) is 0. The van der Waals surface area contributed by atoms with Gasteiger partial charge in [0.15, 0.2) is 0 Å². The Morgan fingerprint density at radius 3 is 2.13 bits per heavy atom. The lowest BCUT2D eigenvalue weighted by Crippen LogP contribution is -2.02. The van der Waals surface area contributed by atoms with Crippen molar-refractivity contribution in [3.8, 4) is 0 Å². The van der Waals surface area contributed by atoms with Gasteiger partial charge in [-0.3, -0.25) is 0 Å². The predicted molar refractivity (Wildman–Crippen MR) is 134 cm³/mol. The summed E-state index contributed by atoms with van der Waals surface area (Å²) in [6.45, 7) is 2.23. The maximum Gasteiger partial charge on any atom is 0.105 e. The van der Waals surface area contributed by atoms with E-state index in [1.807, 2.05) is 48.5 Å². The van der Waals surface area contributed by atoms with E-state index in [1.165, 1.54) is 30.4 Å². The third kappa shape index (κ3) is 7.24. The van der Waals surface area contributed by atoms with Gasteiger partial charge < -0.3 is 5.11 Å². The minimum absolute atomic E-state index is 0.668. The van der Waals surface area contributed by atoms with Crippen LogP contribution in [0, 0.1) is 0 Å². The van der Waals surface area contributed by atoms with E-state index in [0.29, 0.717) is 5.02 Å². The molecule has 0 saturated heterocycles. The first kappa shape index (κ1) is 23.1. The van der Waals surface area contributed by atoms with Crippen LogP contribution in [0.3, 0.4) is 0 Å². The Balaban J connectivity index is 2.00. The summed E-state index contributed by atoms with van der Waals surface area (Å²) in [4.78, 5) is 0. The number of unbranched alkanes of at least 4 members (excludes halogenated alkanes) is 3. The van der Waals surface area contributed by atoms with Crippen molar-refractivity contribution in [2.45, 2.75) is 45.1 Å². The van der Waals surface area contributed by atoms with Crippen LogP contribution in [0.1, 0.15) is 61.8 Å². The highest BCUT2D eigenvalue weighted by molar-refractivity contribution is 6.30. The van der Waals surface area contributed by atoms with Crippen molar-refractivity contribution >= 4 is 23.3 Å². The van der Waals surface area contributed by atoms with Crippen molar-refractivity contribution in [2.75, 3.05) is 0 Å². The van der Waals surface area contributed by atoms with Crippen LogP contribution < -0.4 is 0 Å². The molecule has 0 aliphatic rings. The lowest BCUT2D eigenvalue weighted by atomic mass is 9.91. The summed E-state index contributed by atoms with van der Waals surface area (Å²) in [6, 6.07) is 28.0. The Morgan fingerprint density at radius 1 is 0.839 bits per heavy atom. The quantitative estimate of drug-likeness (QED) is 0.252. The summed E-state index contributed by atoms with van der Waals surface area (Å²) in [7, 11) is 0. The van der Waals surface area contributed by atoms with Crippen LogP contribution in [0.5, 0.6) is 0 Å². The lowest BCUT2D eigenvalue weighted by Gasteiger charge is -2.18. The molecule has 1 N–H and O–H groups in total. The number of benzene rings is 3. The van der Waals surface area contributed by atoms with Crippen molar-refractivity contribution in [3.05, 3.63) is 118 Å². The van der Waals surface area contributed by atoms with Crippen molar-refractivity contribution in [1.82, 2.24) is 0 Å². The fourth-order valence-electron chi connectivity index (χ4n) is 3.68. The molecule has 0 amide bonds. The first-order valence-electron chi connectivity index (χ1n) is 11.1. The molecule has 1 atom stereocenters. The number of halogens is 1. The van der Waals surface area contributed by atoms with Gasteiger partial charge in [0.1, 0.15) is 6.10 Å². The summed E-state index contributed by atoms with van der Waals surface area (Å²) in [6.07, 6.45) is 9.50. The molecule has 2 heteroatoms. The average molecular weight is 431 g/mol. The Hall–Kier alpha value is -2.61. The zero-order chi connectivity index (χ0) is 21.9. The Bertz CT molecular complexity index is 972. The summed E-state index contributed by atoms with van der Waals surface area (Å²) < 4.78 is 0. The third-order valence-electron chi connectivity index (χ3n) is 5.40. The topological polar surface area (TPSA) is 20.2 Å². The molecule has 0 spiro atoms. The SMILES string of the molecule is CCCCCCC(=C\c1ccccc1)/C=C(\c1ccccc1)C(O)c1ccc(Cl)cc1. The second-order valence-corrected chi connectivity index (χ2v) is 8.30. The Morgan fingerprint density at radius 2 is 1.48 bits per heavy atom. The summed E-state index contributed by atoms with van der Waals surface area (Å²) in [5, 5.41) is 12.0. The molecular weight excluding hydrogens is 400 g/mol. The van der Waals surface area contributed by atoms with E-state index in [0.717, 1.165) is 29.5 Å². The van der Waals surface area contributed by atoms with Crippen molar-refractivity contribution in [3.63, 3.8) is 0 Å². The highest BCUT2D eigenvalue weighted by Crippen LogP contribution is 2.33. The van der Waals surface area contributed by atoms with Gasteiger partial charge in [-0.05, 0) is 52.8 Å². The van der Waals surface area contributed by atoms with Crippen LogP contribution in [-0.4, -0.2) is 5.11 Å². The summed E-state index contributed by atoms with van der Waals surface area (Å²) >= 11 is 6.07. The van der Waals surface area contributed by atoms with Crippen LogP contribution in [0.15, 0.2) is 96.6 Å². The minimum Gasteiger partial charge on any atom is -0.384 e. The summed E-state index contributed by atoms with van der Waals surface area (Å²) in [5.41, 5.74) is 5.18. The molecule has 0 aliphatic heterocycles. The van der Waals surface area contributed by atoms with Gasteiger partial charge in [-0.15, -0.1) is 0 Å². The maximum absolute atomic E-state index is 11.3. The predicted octanol–water partition coefficient (Wildman–Crippen LogP) is 8.51. The maximum atomic E-state index is 11.3. The molecule has 0 fully saturated rings. The highest BCUT2D eigenvalue weighted by Gasteiger charge is 2.16. The van der Waals surface area contributed by atoms with Gasteiger partial charge in [-0.1, -0.05) is 123 Å². The number of aliphatic hydroxyl groups is 1. The molecule has 31 heavy (non-hydrogen) atoms. The van der Waals surface area contributed by atoms with Gasteiger partial charge in [0.05, 0.1) is 0 Å². The molecule has 0 aromatic heterocycles. The molecule has 160 valence electrons. The van der Waals surface area contributed by atoms with E-state index >= 15 is 0 Å². The molecule has 3 rings (SSSR count). The van der Waals surface area contributed by atoms with Crippen molar-refractivity contribution in [2.24, 2.45) is 0 Å². The van der Waals surface area contributed by atoms with Gasteiger partial charge in [0.25, 0.3) is 0 Å². The highest BCUT2D eigenvalue weighted by atomic mass is 35.5. The molecular formula is C29H31ClO. The standard InChI is InChI=1S/C29H31ClO/c1-2-3-4-7-14-24(21-23-12-8-5-9-13-23)22-28(25-15-10-6-11-16-25)29(31)26-17-19-27(30)20-18-26/h5-6,8-13,15-22,29,31H,2-4,7,14H2,1H3/b24-21+,28-22+. The zero-order valence-corrected chi connectivity index (χ0v) is 18.9. The first-order valence-corrected chi connectivity index (χ1v) is 11.5. The van der Waals surface area contributed by atoms with Gasteiger partial charge in [0, 0.05) is 5.02 Å². The van der Waals surface area contributed by atoms with Crippen LogP contribution >= 0.6 is 11.6 Å². The van der Waals surface area contributed by atoms with Gasteiger partial charge >= 0.3 is 0 Å². The van der Waals surface area contributed by atoms with E-state index in [1.54, 1.807) is 0 Å². The van der Waals surface area contributed by atoms with Gasteiger partial charge in [0.2, 0.25) is 0 Å². The van der Waals surface area contributed by atoms with Crippen molar-refractivity contribution < 1.29 is 5.11 Å². The van der Waals surface area contributed by atoms with E-state index < -0.39 is 6.10 Å². The fraction of sp³-hybridized carbons (Fsp3) is 0.241. The number of hydrogen-bond acceptors (Lipinski definition) is 1. The first-order chi connectivity index (χ1) is 15.2. The number of hydrogen-bond donors (Lipinski definition) is 1. The number of allylic oxidation sites excluding steroid dienone is 2. The number of rotatable bonds is 10. The lowest BCUT2D eigenvalue weighted by molar-refractivity contribution is 0.238.